The maximum absolute atomic E-state index is 13.7. The summed E-state index contributed by atoms with van der Waals surface area (Å²) in [5.41, 5.74) is 2.98. The molecule has 1 N–H and O–H groups in total. The summed E-state index contributed by atoms with van der Waals surface area (Å²) in [6.45, 7) is 4.85. The number of benzene rings is 2. The number of amides is 2. The van der Waals surface area contributed by atoms with Gasteiger partial charge in [0.2, 0.25) is 5.91 Å². The number of fused-ring (bicyclic) bond motifs is 1. The third kappa shape index (κ3) is 5.45. The molecule has 0 spiro atoms. The molecule has 188 valence electrons. The van der Waals surface area contributed by atoms with Gasteiger partial charge in [0, 0.05) is 19.0 Å². The zero-order valence-electron chi connectivity index (χ0n) is 20.6. The van der Waals surface area contributed by atoms with Crippen molar-refractivity contribution >= 4 is 11.8 Å². The Morgan fingerprint density at radius 1 is 1.11 bits per heavy atom. The van der Waals surface area contributed by atoms with Crippen LogP contribution in [0.15, 0.2) is 59.0 Å². The minimum Gasteiger partial charge on any atom is -0.486 e. The Morgan fingerprint density at radius 2 is 1.89 bits per heavy atom. The van der Waals surface area contributed by atoms with Gasteiger partial charge in [0.15, 0.2) is 5.76 Å². The second-order valence-electron chi connectivity index (χ2n) is 10.1. The van der Waals surface area contributed by atoms with E-state index in [2.05, 4.69) is 5.32 Å². The van der Waals surface area contributed by atoms with Gasteiger partial charge < -0.3 is 19.4 Å². The van der Waals surface area contributed by atoms with Gasteiger partial charge in [-0.05, 0) is 78.3 Å². The highest BCUT2D eigenvalue weighted by molar-refractivity contribution is 5.91. The van der Waals surface area contributed by atoms with Gasteiger partial charge in [-0.25, -0.2) is 4.39 Å². The monoisotopic (exact) mass is 490 g/mol. The van der Waals surface area contributed by atoms with E-state index in [1.54, 1.807) is 24.3 Å². The van der Waals surface area contributed by atoms with E-state index < -0.39 is 0 Å². The molecule has 0 bridgehead atoms. The van der Waals surface area contributed by atoms with Crippen LogP contribution in [0.3, 0.4) is 0 Å². The average molecular weight is 491 g/mol. The summed E-state index contributed by atoms with van der Waals surface area (Å²) in [6.07, 6.45) is 3.23. The lowest BCUT2D eigenvalue weighted by molar-refractivity contribution is -0.134. The van der Waals surface area contributed by atoms with Gasteiger partial charge >= 0.3 is 0 Å². The van der Waals surface area contributed by atoms with Crippen molar-refractivity contribution in [2.75, 3.05) is 6.54 Å². The molecule has 5 rings (SSSR count). The molecule has 1 fully saturated rings. The maximum atomic E-state index is 13.7. The molecule has 1 atom stereocenters. The van der Waals surface area contributed by atoms with Crippen LogP contribution in [-0.2, 0) is 17.8 Å². The number of carbonyl (C=O) groups is 2. The molecule has 2 aliphatic rings. The second-order valence-corrected chi connectivity index (χ2v) is 10.1. The van der Waals surface area contributed by atoms with Crippen LogP contribution in [0, 0.1) is 11.7 Å². The zero-order valence-corrected chi connectivity index (χ0v) is 20.6. The van der Waals surface area contributed by atoms with Crippen molar-refractivity contribution in [3.63, 3.8) is 0 Å². The Morgan fingerprint density at radius 3 is 2.61 bits per heavy atom. The molecule has 0 saturated heterocycles. The summed E-state index contributed by atoms with van der Waals surface area (Å²) in [7, 11) is 0. The largest absolute Gasteiger partial charge is 0.486 e. The van der Waals surface area contributed by atoms with Crippen molar-refractivity contribution in [2.24, 2.45) is 5.92 Å². The van der Waals surface area contributed by atoms with Gasteiger partial charge in [0.1, 0.15) is 23.9 Å². The Hall–Kier alpha value is -3.61. The van der Waals surface area contributed by atoms with Gasteiger partial charge in [0.25, 0.3) is 5.91 Å². The first-order valence-corrected chi connectivity index (χ1v) is 12.6. The van der Waals surface area contributed by atoms with Gasteiger partial charge in [-0.2, -0.15) is 0 Å². The summed E-state index contributed by atoms with van der Waals surface area (Å²) in [5, 5.41) is 2.91. The smallest absolute Gasteiger partial charge is 0.287 e. The molecular formula is C29H31FN2O4. The zero-order chi connectivity index (χ0) is 25.2. The van der Waals surface area contributed by atoms with Gasteiger partial charge in [-0.3, -0.25) is 9.59 Å². The van der Waals surface area contributed by atoms with Crippen molar-refractivity contribution in [2.45, 2.75) is 58.2 Å². The van der Waals surface area contributed by atoms with Crippen LogP contribution >= 0.6 is 0 Å². The van der Waals surface area contributed by atoms with Gasteiger partial charge in [-0.1, -0.05) is 32.0 Å². The minimum absolute atomic E-state index is 0.0869. The molecule has 3 aromatic rings. The predicted octanol–water partition coefficient (Wildman–Crippen LogP) is 5.41. The summed E-state index contributed by atoms with van der Waals surface area (Å²) in [4.78, 5) is 27.3. The Bertz CT molecular complexity index is 1250. The van der Waals surface area contributed by atoms with E-state index in [9.17, 15) is 14.0 Å². The first kappa shape index (κ1) is 24.1. The summed E-state index contributed by atoms with van der Waals surface area (Å²) in [5.74, 6) is 1.29. The van der Waals surface area contributed by atoms with E-state index in [0.29, 0.717) is 24.5 Å². The molecule has 6 nitrogen and oxygen atoms in total. The Balaban J connectivity index is 1.37. The first-order chi connectivity index (χ1) is 17.4. The number of carbonyl (C=O) groups excluding carboxylic acids is 2. The molecule has 1 aliphatic heterocycles. The molecular weight excluding hydrogens is 459 g/mol. The first-order valence-electron chi connectivity index (χ1n) is 12.6. The number of hydrogen-bond donors (Lipinski definition) is 1. The lowest BCUT2D eigenvalue weighted by Crippen LogP contribution is -2.41. The molecule has 1 unspecified atom stereocenters. The summed E-state index contributed by atoms with van der Waals surface area (Å²) >= 11 is 0. The van der Waals surface area contributed by atoms with Gasteiger partial charge in [0.05, 0.1) is 6.04 Å². The fourth-order valence-electron chi connectivity index (χ4n) is 4.64. The van der Waals surface area contributed by atoms with E-state index in [1.807, 2.05) is 36.9 Å². The van der Waals surface area contributed by atoms with Crippen LogP contribution in [0.5, 0.6) is 5.75 Å². The maximum Gasteiger partial charge on any atom is 0.287 e. The molecule has 7 heteroatoms. The number of rotatable bonds is 8. The van der Waals surface area contributed by atoms with Gasteiger partial charge in [-0.15, -0.1) is 0 Å². The van der Waals surface area contributed by atoms with E-state index in [0.717, 1.165) is 36.0 Å². The lowest BCUT2D eigenvalue weighted by atomic mass is 9.87. The molecule has 2 aromatic carbocycles. The number of halogens is 1. The Labute approximate surface area is 210 Å². The number of furan rings is 1. The SMILES string of the molecule is CC(C)CC(=O)N1CCc2ccc(OCc3ccc(C(=O)NC4CC4)o3)cc2C1c1ccc(F)cc1. The quantitative estimate of drug-likeness (QED) is 0.458. The summed E-state index contributed by atoms with van der Waals surface area (Å²) < 4.78 is 25.4. The molecule has 2 heterocycles. The summed E-state index contributed by atoms with van der Waals surface area (Å²) in [6, 6.07) is 15.6. The number of nitrogens with zero attached hydrogens (tertiary/aromatic N) is 1. The van der Waals surface area contributed by atoms with E-state index in [-0.39, 0.29) is 48.0 Å². The number of hydrogen-bond acceptors (Lipinski definition) is 4. The molecule has 0 radical (unpaired) electrons. The number of ether oxygens (including phenoxy) is 1. The third-order valence-electron chi connectivity index (χ3n) is 6.61. The van der Waals surface area contributed by atoms with Crippen molar-refractivity contribution in [3.8, 4) is 5.75 Å². The van der Waals surface area contributed by atoms with Crippen LogP contribution < -0.4 is 10.1 Å². The van der Waals surface area contributed by atoms with E-state index in [4.69, 9.17) is 9.15 Å². The van der Waals surface area contributed by atoms with E-state index in [1.165, 1.54) is 12.1 Å². The fourth-order valence-corrected chi connectivity index (χ4v) is 4.64. The molecule has 1 aromatic heterocycles. The standard InChI is InChI=1S/C29H31FN2O4/c1-18(2)15-27(33)32-14-13-19-5-10-23(16-25(19)28(32)20-3-6-21(30)7-4-20)35-17-24-11-12-26(36-24)29(34)31-22-8-9-22/h3-7,10-12,16,18,22,28H,8-9,13-15,17H2,1-2H3,(H,31,34). The fraction of sp³-hybridized carbons (Fsp3) is 0.379. The highest BCUT2D eigenvalue weighted by Crippen LogP contribution is 2.38. The van der Waals surface area contributed by atoms with Crippen molar-refractivity contribution in [1.29, 1.82) is 0 Å². The van der Waals surface area contributed by atoms with Crippen molar-refractivity contribution in [3.05, 3.63) is 88.6 Å². The Kier molecular flexibility index (Phi) is 6.81. The average Bonchev–Trinajstić information content (AvgIpc) is 3.54. The van der Waals surface area contributed by atoms with Crippen LogP contribution in [0.2, 0.25) is 0 Å². The van der Waals surface area contributed by atoms with Crippen molar-refractivity contribution in [1.82, 2.24) is 10.2 Å². The highest BCUT2D eigenvalue weighted by atomic mass is 19.1. The normalized spacial score (nSPS) is 17.1. The van der Waals surface area contributed by atoms with Crippen LogP contribution in [-0.4, -0.2) is 29.3 Å². The molecule has 1 aliphatic carbocycles. The van der Waals surface area contributed by atoms with Crippen LogP contribution in [0.1, 0.15) is 72.2 Å². The van der Waals surface area contributed by atoms with Crippen molar-refractivity contribution < 1.29 is 23.1 Å². The second kappa shape index (κ2) is 10.2. The topological polar surface area (TPSA) is 71.8 Å². The highest BCUT2D eigenvalue weighted by Gasteiger charge is 2.32. The molecule has 2 amide bonds. The lowest BCUT2D eigenvalue weighted by Gasteiger charge is -2.38. The number of nitrogens with one attached hydrogen (secondary N) is 1. The molecule has 1 saturated carbocycles. The minimum atomic E-state index is -0.314. The van der Waals surface area contributed by atoms with E-state index >= 15 is 0 Å². The third-order valence-corrected chi connectivity index (χ3v) is 6.61. The van der Waals surface area contributed by atoms with Crippen LogP contribution in [0.4, 0.5) is 4.39 Å². The molecule has 36 heavy (non-hydrogen) atoms. The van der Waals surface area contributed by atoms with Crippen LogP contribution in [0.25, 0.3) is 0 Å². The predicted molar refractivity (Wildman–Crippen MR) is 133 cm³/mol.